The van der Waals surface area contributed by atoms with Crippen LogP contribution >= 0.6 is 11.3 Å². The van der Waals surface area contributed by atoms with Gasteiger partial charge in [0.05, 0.1) is 10.2 Å². The van der Waals surface area contributed by atoms with Crippen molar-refractivity contribution in [2.24, 2.45) is 0 Å². The summed E-state index contributed by atoms with van der Waals surface area (Å²) in [4.78, 5) is 35.1. The van der Waals surface area contributed by atoms with Gasteiger partial charge in [-0.15, -0.1) is 5.10 Å². The first kappa shape index (κ1) is 18.9. The second-order valence-corrected chi connectivity index (χ2v) is 8.75. The van der Waals surface area contributed by atoms with Crippen LogP contribution in [0, 0.1) is 0 Å². The highest BCUT2D eigenvalue weighted by atomic mass is 32.1. The molecule has 0 spiro atoms. The molecule has 32 heavy (non-hydrogen) atoms. The van der Waals surface area contributed by atoms with Crippen LogP contribution in [0.4, 0.5) is 5.13 Å². The number of carbonyl (C=O) groups excluding carboxylic acids is 1. The number of hydrogen-bond donors (Lipinski definition) is 1. The Labute approximate surface area is 186 Å². The van der Waals surface area contributed by atoms with E-state index in [-0.39, 0.29) is 18.0 Å². The molecule has 1 aliphatic carbocycles. The normalized spacial score (nSPS) is 13.0. The number of amides is 1. The van der Waals surface area contributed by atoms with E-state index in [2.05, 4.69) is 20.4 Å². The van der Waals surface area contributed by atoms with E-state index in [0.717, 1.165) is 39.9 Å². The third-order valence-corrected chi connectivity index (χ3v) is 6.62. The number of thiazole rings is 1. The molecule has 0 atom stereocenters. The quantitative estimate of drug-likeness (QED) is 0.461. The molecule has 8 nitrogen and oxygen atoms in total. The summed E-state index contributed by atoms with van der Waals surface area (Å²) in [6.45, 7) is 0.0367. The van der Waals surface area contributed by atoms with Crippen LogP contribution in [0.15, 0.2) is 59.4 Å². The molecule has 1 N–H and O–H groups in total. The van der Waals surface area contributed by atoms with Crippen LogP contribution in [0.1, 0.15) is 17.7 Å². The van der Waals surface area contributed by atoms with Gasteiger partial charge < -0.3 is 9.88 Å². The fourth-order valence-electron chi connectivity index (χ4n) is 4.22. The Balaban J connectivity index is 1.40. The molecule has 1 amide bonds. The maximum absolute atomic E-state index is 13.0. The van der Waals surface area contributed by atoms with E-state index >= 15 is 0 Å². The topological polar surface area (TPSA) is 94.2 Å². The zero-order valence-electron chi connectivity index (χ0n) is 17.0. The third-order valence-electron chi connectivity index (χ3n) is 5.67. The minimum absolute atomic E-state index is 0.0367. The van der Waals surface area contributed by atoms with Crippen molar-refractivity contribution in [2.45, 2.75) is 25.8 Å². The zero-order chi connectivity index (χ0) is 21.7. The van der Waals surface area contributed by atoms with Gasteiger partial charge in [0.15, 0.2) is 11.0 Å². The summed E-state index contributed by atoms with van der Waals surface area (Å²) in [5, 5.41) is 7.92. The van der Waals surface area contributed by atoms with Crippen molar-refractivity contribution in [3.63, 3.8) is 0 Å². The number of nitrogens with zero attached hydrogens (tertiary/aromatic N) is 5. The summed E-state index contributed by atoms with van der Waals surface area (Å²) in [6, 6.07) is 17.3. The summed E-state index contributed by atoms with van der Waals surface area (Å²) in [5.41, 5.74) is 3.11. The predicted octanol–water partition coefficient (Wildman–Crippen LogP) is 3.30. The van der Waals surface area contributed by atoms with Crippen LogP contribution in [0.5, 0.6) is 0 Å². The van der Waals surface area contributed by atoms with Gasteiger partial charge in [0.1, 0.15) is 6.54 Å². The van der Waals surface area contributed by atoms with Gasteiger partial charge in [-0.1, -0.05) is 53.8 Å². The van der Waals surface area contributed by atoms with Crippen molar-refractivity contribution < 1.29 is 4.79 Å². The van der Waals surface area contributed by atoms with Gasteiger partial charge in [-0.2, -0.15) is 9.50 Å². The van der Waals surface area contributed by atoms with Crippen molar-refractivity contribution in [2.75, 3.05) is 5.32 Å². The Morgan fingerprint density at radius 2 is 1.84 bits per heavy atom. The van der Waals surface area contributed by atoms with Gasteiger partial charge >= 0.3 is 0 Å². The number of fused-ring (bicyclic) bond motifs is 3. The van der Waals surface area contributed by atoms with Gasteiger partial charge in [0.25, 0.3) is 5.56 Å². The largest absolute Gasteiger partial charge is 0.304 e. The van der Waals surface area contributed by atoms with Crippen LogP contribution in [-0.4, -0.2) is 30.1 Å². The molecule has 0 saturated carbocycles. The SMILES string of the molecule is O=C(Cn1c2c(c(=O)n3nc(-c4ccccc4)nc13)CCC2)Nc1nc2ccccc2s1. The molecule has 2 aromatic carbocycles. The molecule has 0 unspecified atom stereocenters. The monoisotopic (exact) mass is 442 g/mol. The molecule has 3 heterocycles. The Hall–Kier alpha value is -3.85. The van der Waals surface area contributed by atoms with Gasteiger partial charge in [-0.25, -0.2) is 4.98 Å². The molecule has 0 aliphatic heterocycles. The minimum atomic E-state index is -0.215. The number of hydrogen-bond acceptors (Lipinski definition) is 6. The van der Waals surface area contributed by atoms with E-state index in [9.17, 15) is 9.59 Å². The first-order valence-electron chi connectivity index (χ1n) is 10.4. The first-order valence-corrected chi connectivity index (χ1v) is 11.2. The van der Waals surface area contributed by atoms with E-state index in [0.29, 0.717) is 23.2 Å². The van der Waals surface area contributed by atoms with Crippen molar-refractivity contribution in [3.05, 3.63) is 76.2 Å². The lowest BCUT2D eigenvalue weighted by Crippen LogP contribution is -2.28. The second kappa shape index (κ2) is 7.38. The summed E-state index contributed by atoms with van der Waals surface area (Å²) < 4.78 is 4.17. The molecule has 3 aromatic heterocycles. The second-order valence-electron chi connectivity index (χ2n) is 7.72. The highest BCUT2D eigenvalue weighted by Crippen LogP contribution is 2.26. The lowest BCUT2D eigenvalue weighted by atomic mass is 10.2. The molecule has 0 radical (unpaired) electrons. The average molecular weight is 443 g/mol. The summed E-state index contributed by atoms with van der Waals surface area (Å²) in [7, 11) is 0. The minimum Gasteiger partial charge on any atom is -0.304 e. The lowest BCUT2D eigenvalue weighted by molar-refractivity contribution is -0.116. The molecule has 158 valence electrons. The van der Waals surface area contributed by atoms with E-state index in [1.165, 1.54) is 15.9 Å². The number of nitrogens with one attached hydrogen (secondary N) is 1. The molecule has 0 saturated heterocycles. The predicted molar refractivity (Wildman–Crippen MR) is 123 cm³/mol. The van der Waals surface area contributed by atoms with E-state index in [4.69, 9.17) is 0 Å². The molecule has 0 bridgehead atoms. The highest BCUT2D eigenvalue weighted by Gasteiger charge is 2.25. The van der Waals surface area contributed by atoms with Crippen molar-refractivity contribution in [1.82, 2.24) is 24.1 Å². The fraction of sp³-hybridized carbons (Fsp3) is 0.174. The third kappa shape index (κ3) is 3.09. The van der Waals surface area contributed by atoms with Crippen molar-refractivity contribution in [3.8, 4) is 11.4 Å². The van der Waals surface area contributed by atoms with E-state index in [1.807, 2.05) is 59.2 Å². The first-order chi connectivity index (χ1) is 15.7. The molecule has 6 rings (SSSR count). The van der Waals surface area contributed by atoms with Crippen LogP contribution in [0.3, 0.4) is 0 Å². The maximum Gasteiger partial charge on any atom is 0.279 e. The van der Waals surface area contributed by atoms with Crippen molar-refractivity contribution in [1.29, 1.82) is 0 Å². The van der Waals surface area contributed by atoms with Gasteiger partial charge in [-0.3, -0.25) is 9.59 Å². The van der Waals surface area contributed by atoms with Crippen molar-refractivity contribution >= 4 is 38.4 Å². The number of para-hydroxylation sites is 1. The number of carbonyl (C=O) groups is 1. The summed E-state index contributed by atoms with van der Waals surface area (Å²) in [5.74, 6) is 0.633. The Morgan fingerprint density at radius 1 is 1.03 bits per heavy atom. The molecule has 5 aromatic rings. The molecular weight excluding hydrogens is 424 g/mol. The average Bonchev–Trinajstić information content (AvgIpc) is 3.55. The van der Waals surface area contributed by atoms with Crippen LogP contribution < -0.4 is 10.9 Å². The number of benzene rings is 2. The molecule has 0 fully saturated rings. The lowest BCUT2D eigenvalue weighted by Gasteiger charge is -2.13. The summed E-state index contributed by atoms with van der Waals surface area (Å²) in [6.07, 6.45) is 2.30. The van der Waals surface area contributed by atoms with Gasteiger partial charge in [-0.05, 0) is 31.4 Å². The van der Waals surface area contributed by atoms with Crippen LogP contribution in [-0.2, 0) is 24.2 Å². The number of anilines is 1. The molecule has 1 aliphatic rings. The highest BCUT2D eigenvalue weighted by molar-refractivity contribution is 7.22. The van der Waals surface area contributed by atoms with Crippen LogP contribution in [0.25, 0.3) is 27.4 Å². The molecular formula is C23H18N6O2S. The zero-order valence-corrected chi connectivity index (χ0v) is 17.8. The van der Waals surface area contributed by atoms with Gasteiger partial charge in [0.2, 0.25) is 11.7 Å². The smallest absolute Gasteiger partial charge is 0.279 e. The number of rotatable bonds is 4. The Bertz CT molecular complexity index is 1520. The maximum atomic E-state index is 13.0. The Kier molecular flexibility index (Phi) is 4.36. The summed E-state index contributed by atoms with van der Waals surface area (Å²) >= 11 is 1.43. The van der Waals surface area contributed by atoms with Gasteiger partial charge in [0, 0.05) is 16.8 Å². The number of aromatic nitrogens is 5. The Morgan fingerprint density at radius 3 is 2.69 bits per heavy atom. The van der Waals surface area contributed by atoms with E-state index in [1.54, 1.807) is 0 Å². The fourth-order valence-corrected chi connectivity index (χ4v) is 5.11. The standard InChI is InChI=1S/C23H18N6O2S/c30-19(25-22-24-16-10-4-5-12-18(16)32-22)13-28-17-11-6-9-15(17)21(31)29-23(28)26-20(27-29)14-7-2-1-3-8-14/h1-5,7-8,10,12H,6,9,11,13H2,(H,24,25,30). The molecule has 9 heteroatoms. The van der Waals surface area contributed by atoms with E-state index < -0.39 is 0 Å². The van der Waals surface area contributed by atoms with Crippen LogP contribution in [0.2, 0.25) is 0 Å².